The molecular formula is C9H11ClN2O3. The van der Waals surface area contributed by atoms with Crippen LogP contribution in [-0.4, -0.2) is 29.2 Å². The van der Waals surface area contributed by atoms with Crippen molar-refractivity contribution >= 4 is 24.2 Å². The van der Waals surface area contributed by atoms with Crippen LogP contribution < -0.4 is 10.1 Å². The molecule has 0 saturated carbocycles. The average Bonchev–Trinajstić information content (AvgIpc) is 2.59. The molecular weight excluding hydrogens is 220 g/mol. The standard InChI is InChI=1S/C9H10N2O3.ClH/c1-14-7-3-2-5-4-6(9(12)13)10-8(5)11-7;/h2-3,6H,4H2,1H3,(H,10,11)(H,12,13);1H. The number of aromatic nitrogens is 1. The fourth-order valence-electron chi connectivity index (χ4n) is 1.46. The molecule has 0 spiro atoms. The quantitative estimate of drug-likeness (QED) is 0.791. The molecule has 1 unspecified atom stereocenters. The van der Waals surface area contributed by atoms with Crippen LogP contribution in [0.15, 0.2) is 12.1 Å². The number of fused-ring (bicyclic) bond motifs is 1. The number of ether oxygens (including phenoxy) is 1. The van der Waals surface area contributed by atoms with Crippen LogP contribution in [0, 0.1) is 0 Å². The lowest BCUT2D eigenvalue weighted by Crippen LogP contribution is -2.26. The van der Waals surface area contributed by atoms with Crippen molar-refractivity contribution in [2.45, 2.75) is 12.5 Å². The molecule has 15 heavy (non-hydrogen) atoms. The normalized spacial score (nSPS) is 17.3. The first-order chi connectivity index (χ1) is 6.70. The van der Waals surface area contributed by atoms with Crippen molar-refractivity contribution in [2.24, 2.45) is 0 Å². The van der Waals surface area contributed by atoms with Gasteiger partial charge in [-0.25, -0.2) is 4.79 Å². The molecule has 2 heterocycles. The van der Waals surface area contributed by atoms with E-state index in [4.69, 9.17) is 9.84 Å². The van der Waals surface area contributed by atoms with Crippen molar-refractivity contribution < 1.29 is 14.6 Å². The van der Waals surface area contributed by atoms with Gasteiger partial charge in [-0.05, 0) is 11.6 Å². The topological polar surface area (TPSA) is 71.5 Å². The second-order valence-electron chi connectivity index (χ2n) is 3.10. The summed E-state index contributed by atoms with van der Waals surface area (Å²) >= 11 is 0. The van der Waals surface area contributed by atoms with Crippen molar-refractivity contribution in [3.8, 4) is 5.88 Å². The van der Waals surface area contributed by atoms with Crippen LogP contribution in [0.2, 0.25) is 0 Å². The number of hydrogen-bond donors (Lipinski definition) is 2. The highest BCUT2D eigenvalue weighted by Crippen LogP contribution is 2.25. The average molecular weight is 231 g/mol. The zero-order valence-electron chi connectivity index (χ0n) is 8.06. The number of pyridine rings is 1. The third kappa shape index (κ3) is 2.12. The maximum Gasteiger partial charge on any atom is 0.326 e. The minimum atomic E-state index is -0.859. The number of anilines is 1. The molecule has 0 fully saturated rings. The van der Waals surface area contributed by atoms with Gasteiger partial charge < -0.3 is 15.2 Å². The first kappa shape index (κ1) is 11.6. The van der Waals surface area contributed by atoms with Crippen molar-refractivity contribution in [1.82, 2.24) is 4.98 Å². The van der Waals surface area contributed by atoms with Crippen LogP contribution in [0.5, 0.6) is 5.88 Å². The lowest BCUT2D eigenvalue weighted by molar-refractivity contribution is -0.137. The van der Waals surface area contributed by atoms with Crippen LogP contribution in [0.3, 0.4) is 0 Å². The van der Waals surface area contributed by atoms with E-state index >= 15 is 0 Å². The van der Waals surface area contributed by atoms with Gasteiger partial charge in [0, 0.05) is 12.5 Å². The summed E-state index contributed by atoms with van der Waals surface area (Å²) in [6.45, 7) is 0. The van der Waals surface area contributed by atoms with Crippen LogP contribution in [0.4, 0.5) is 5.82 Å². The number of halogens is 1. The van der Waals surface area contributed by atoms with Crippen LogP contribution in [-0.2, 0) is 11.2 Å². The lowest BCUT2D eigenvalue weighted by atomic mass is 10.1. The Morgan fingerprint density at radius 2 is 2.40 bits per heavy atom. The molecule has 0 aliphatic carbocycles. The van der Waals surface area contributed by atoms with E-state index in [2.05, 4.69) is 10.3 Å². The van der Waals surface area contributed by atoms with Gasteiger partial charge in [-0.2, -0.15) is 4.98 Å². The molecule has 1 atom stereocenters. The molecule has 82 valence electrons. The third-order valence-electron chi connectivity index (χ3n) is 2.20. The second kappa shape index (κ2) is 4.35. The first-order valence-electron chi connectivity index (χ1n) is 4.24. The van der Waals surface area contributed by atoms with Crippen molar-refractivity contribution in [3.63, 3.8) is 0 Å². The Kier molecular flexibility index (Phi) is 3.36. The van der Waals surface area contributed by atoms with Crippen molar-refractivity contribution in [1.29, 1.82) is 0 Å². The van der Waals surface area contributed by atoms with Crippen LogP contribution >= 0.6 is 12.4 Å². The molecule has 0 aromatic carbocycles. The van der Waals surface area contributed by atoms with E-state index in [-0.39, 0.29) is 12.4 Å². The Morgan fingerprint density at radius 1 is 1.67 bits per heavy atom. The Labute approximate surface area is 92.9 Å². The Bertz CT molecular complexity index is 384. The Balaban J connectivity index is 0.00000112. The van der Waals surface area contributed by atoms with Gasteiger partial charge in [0.25, 0.3) is 0 Å². The third-order valence-corrected chi connectivity index (χ3v) is 2.20. The molecule has 1 aliphatic heterocycles. The molecule has 0 bridgehead atoms. The first-order valence-corrected chi connectivity index (χ1v) is 4.24. The monoisotopic (exact) mass is 230 g/mol. The maximum absolute atomic E-state index is 10.7. The van der Waals surface area contributed by atoms with E-state index < -0.39 is 12.0 Å². The van der Waals surface area contributed by atoms with Crippen molar-refractivity contribution in [3.05, 3.63) is 17.7 Å². The van der Waals surface area contributed by atoms with Crippen molar-refractivity contribution in [2.75, 3.05) is 12.4 Å². The number of methoxy groups -OCH3 is 1. The summed E-state index contributed by atoms with van der Waals surface area (Å²) in [6.07, 6.45) is 0.474. The molecule has 2 rings (SSSR count). The predicted molar refractivity (Wildman–Crippen MR) is 56.8 cm³/mol. The molecule has 0 amide bonds. The Hall–Kier alpha value is -1.49. The van der Waals surface area contributed by atoms with Crippen LogP contribution in [0.1, 0.15) is 5.56 Å². The number of nitrogens with zero attached hydrogens (tertiary/aromatic N) is 1. The van der Waals surface area contributed by atoms with E-state index in [1.54, 1.807) is 6.07 Å². The summed E-state index contributed by atoms with van der Waals surface area (Å²) < 4.78 is 4.94. The van der Waals surface area contributed by atoms with Gasteiger partial charge in [-0.3, -0.25) is 0 Å². The van der Waals surface area contributed by atoms with Gasteiger partial charge in [0.2, 0.25) is 5.88 Å². The van der Waals surface area contributed by atoms with Gasteiger partial charge in [-0.1, -0.05) is 0 Å². The molecule has 1 aromatic rings. The fraction of sp³-hybridized carbons (Fsp3) is 0.333. The SMILES string of the molecule is COc1ccc2c(n1)NC(C(=O)O)C2.Cl. The number of aliphatic carboxylic acids is 1. The van der Waals surface area contributed by atoms with E-state index in [0.717, 1.165) is 5.56 Å². The smallest absolute Gasteiger partial charge is 0.326 e. The molecule has 0 radical (unpaired) electrons. The van der Waals surface area contributed by atoms with Gasteiger partial charge in [-0.15, -0.1) is 12.4 Å². The molecule has 0 saturated heterocycles. The lowest BCUT2D eigenvalue weighted by Gasteiger charge is -2.03. The molecule has 1 aliphatic rings. The minimum Gasteiger partial charge on any atom is -0.481 e. The van der Waals surface area contributed by atoms with Gasteiger partial charge in [0.15, 0.2) is 0 Å². The number of rotatable bonds is 2. The summed E-state index contributed by atoms with van der Waals surface area (Å²) in [6, 6.07) is 2.99. The summed E-state index contributed by atoms with van der Waals surface area (Å²) in [7, 11) is 1.53. The van der Waals surface area contributed by atoms with E-state index in [1.807, 2.05) is 6.07 Å². The van der Waals surface area contributed by atoms with Gasteiger partial charge in [0.05, 0.1) is 7.11 Å². The number of carbonyl (C=O) groups is 1. The van der Waals surface area contributed by atoms with E-state index in [1.165, 1.54) is 7.11 Å². The van der Waals surface area contributed by atoms with Crippen LogP contribution in [0.25, 0.3) is 0 Å². The minimum absolute atomic E-state index is 0. The number of hydrogen-bond acceptors (Lipinski definition) is 4. The largest absolute Gasteiger partial charge is 0.481 e. The van der Waals surface area contributed by atoms with Gasteiger partial charge in [0.1, 0.15) is 11.9 Å². The number of carboxylic acid groups (broad SMARTS) is 1. The summed E-state index contributed by atoms with van der Waals surface area (Å²) in [5, 5.41) is 11.6. The fourth-order valence-corrected chi connectivity index (χ4v) is 1.46. The second-order valence-corrected chi connectivity index (χ2v) is 3.10. The molecule has 5 nitrogen and oxygen atoms in total. The summed E-state index contributed by atoms with van der Waals surface area (Å²) in [5.41, 5.74) is 0.915. The summed E-state index contributed by atoms with van der Waals surface area (Å²) in [5.74, 6) is 0.237. The molecule has 1 aromatic heterocycles. The number of nitrogens with one attached hydrogen (secondary N) is 1. The molecule has 2 N–H and O–H groups in total. The van der Waals surface area contributed by atoms with E-state index in [0.29, 0.717) is 18.1 Å². The predicted octanol–water partition coefficient (Wildman–Crippen LogP) is 0.933. The molecule has 6 heteroatoms. The summed E-state index contributed by atoms with van der Waals surface area (Å²) in [4.78, 5) is 14.8. The highest BCUT2D eigenvalue weighted by molar-refractivity contribution is 5.85. The zero-order chi connectivity index (χ0) is 10.1. The van der Waals surface area contributed by atoms with E-state index in [9.17, 15) is 4.79 Å². The number of carboxylic acids is 1. The maximum atomic E-state index is 10.7. The zero-order valence-corrected chi connectivity index (χ0v) is 8.87. The highest BCUT2D eigenvalue weighted by Gasteiger charge is 2.27. The highest BCUT2D eigenvalue weighted by atomic mass is 35.5. The van der Waals surface area contributed by atoms with Gasteiger partial charge >= 0.3 is 5.97 Å². The Morgan fingerprint density at radius 3 is 3.00 bits per heavy atom.